The predicted molar refractivity (Wildman–Crippen MR) is 88.8 cm³/mol. The van der Waals surface area contributed by atoms with Crippen LogP contribution in [0.3, 0.4) is 0 Å². The van der Waals surface area contributed by atoms with Crippen LogP contribution in [-0.4, -0.2) is 12.2 Å². The van der Waals surface area contributed by atoms with Crippen molar-refractivity contribution in [1.29, 1.82) is 0 Å². The van der Waals surface area contributed by atoms with E-state index in [9.17, 15) is 9.90 Å². The third-order valence-electron chi connectivity index (χ3n) is 3.24. The van der Waals surface area contributed by atoms with E-state index in [0.717, 1.165) is 0 Å². The molecule has 0 aliphatic carbocycles. The molecule has 1 aromatic heterocycles. The molecule has 0 atom stereocenters. The molecule has 0 fully saturated rings. The van der Waals surface area contributed by atoms with Crippen molar-refractivity contribution in [3.63, 3.8) is 0 Å². The lowest BCUT2D eigenvalue weighted by Crippen LogP contribution is -2.00. The molecule has 0 saturated heterocycles. The number of hydrogen-bond donors (Lipinski definition) is 1. The summed E-state index contributed by atoms with van der Waals surface area (Å²) in [5, 5.41) is 10.8. The Hall–Kier alpha value is -1.98. The molecule has 112 valence electrons. The van der Waals surface area contributed by atoms with Crippen LogP contribution in [0, 0.1) is 0 Å². The standard InChI is InChI=1S/C16H10BrClO4/c1-21-15-5-9(12(19)6-10(15)17)14-7-13(20)8-3-2-4-11(18)16(8)22-14/h2-7,19H,1H3. The number of halogens is 2. The van der Waals surface area contributed by atoms with Gasteiger partial charge in [-0.3, -0.25) is 4.79 Å². The summed E-state index contributed by atoms with van der Waals surface area (Å²) in [7, 11) is 1.51. The Labute approximate surface area is 139 Å². The highest BCUT2D eigenvalue weighted by atomic mass is 79.9. The number of methoxy groups -OCH3 is 1. The second kappa shape index (κ2) is 5.66. The van der Waals surface area contributed by atoms with Gasteiger partial charge in [-0.05, 0) is 40.2 Å². The molecule has 1 heterocycles. The van der Waals surface area contributed by atoms with Crippen molar-refractivity contribution < 1.29 is 14.3 Å². The minimum Gasteiger partial charge on any atom is -0.507 e. The van der Waals surface area contributed by atoms with Gasteiger partial charge in [0.05, 0.1) is 27.6 Å². The molecule has 3 rings (SSSR count). The normalized spacial score (nSPS) is 10.9. The van der Waals surface area contributed by atoms with Crippen LogP contribution in [0.1, 0.15) is 0 Å². The minimum atomic E-state index is -0.236. The van der Waals surface area contributed by atoms with Crippen molar-refractivity contribution in [3.05, 3.63) is 56.1 Å². The second-order valence-corrected chi connectivity index (χ2v) is 5.86. The van der Waals surface area contributed by atoms with E-state index in [4.69, 9.17) is 20.8 Å². The van der Waals surface area contributed by atoms with Crippen LogP contribution in [0.5, 0.6) is 11.5 Å². The van der Waals surface area contributed by atoms with Crippen LogP contribution in [0.15, 0.2) is 50.1 Å². The summed E-state index contributed by atoms with van der Waals surface area (Å²) < 4.78 is 11.5. The molecular weight excluding hydrogens is 372 g/mol. The zero-order valence-corrected chi connectivity index (χ0v) is 13.7. The molecule has 0 spiro atoms. The van der Waals surface area contributed by atoms with Gasteiger partial charge in [0, 0.05) is 6.07 Å². The zero-order valence-electron chi connectivity index (χ0n) is 11.4. The minimum absolute atomic E-state index is 0.0396. The molecule has 3 aromatic rings. The number of fused-ring (bicyclic) bond motifs is 1. The van der Waals surface area contributed by atoms with Gasteiger partial charge in [-0.15, -0.1) is 0 Å². The van der Waals surface area contributed by atoms with Crippen molar-refractivity contribution in [2.45, 2.75) is 0 Å². The summed E-state index contributed by atoms with van der Waals surface area (Å²) in [6.45, 7) is 0. The van der Waals surface area contributed by atoms with Gasteiger partial charge in [0.2, 0.25) is 0 Å². The van der Waals surface area contributed by atoms with Crippen LogP contribution in [-0.2, 0) is 0 Å². The molecule has 0 saturated carbocycles. The van der Waals surface area contributed by atoms with Gasteiger partial charge in [0.25, 0.3) is 0 Å². The molecule has 22 heavy (non-hydrogen) atoms. The second-order valence-electron chi connectivity index (χ2n) is 4.60. The van der Waals surface area contributed by atoms with Crippen molar-refractivity contribution in [2.75, 3.05) is 7.11 Å². The molecule has 0 bridgehead atoms. The van der Waals surface area contributed by atoms with Crippen molar-refractivity contribution in [3.8, 4) is 22.8 Å². The molecule has 0 unspecified atom stereocenters. The predicted octanol–water partition coefficient (Wildman–Crippen LogP) is 4.59. The topological polar surface area (TPSA) is 59.7 Å². The first-order chi connectivity index (χ1) is 10.5. The van der Waals surface area contributed by atoms with E-state index in [2.05, 4.69) is 15.9 Å². The maximum Gasteiger partial charge on any atom is 0.193 e. The van der Waals surface area contributed by atoms with E-state index in [-0.39, 0.29) is 22.5 Å². The van der Waals surface area contributed by atoms with Gasteiger partial charge >= 0.3 is 0 Å². The summed E-state index contributed by atoms with van der Waals surface area (Å²) in [5.41, 5.74) is 0.395. The van der Waals surface area contributed by atoms with E-state index < -0.39 is 0 Å². The number of phenolic OH excluding ortho intramolecular Hbond substituents is 1. The summed E-state index contributed by atoms with van der Waals surface area (Å²) in [6, 6.07) is 9.34. The molecule has 0 aliphatic rings. The van der Waals surface area contributed by atoms with Gasteiger partial charge < -0.3 is 14.3 Å². The molecule has 1 N–H and O–H groups in total. The van der Waals surface area contributed by atoms with E-state index >= 15 is 0 Å². The fraction of sp³-hybridized carbons (Fsp3) is 0.0625. The summed E-state index contributed by atoms with van der Waals surface area (Å²) >= 11 is 9.37. The van der Waals surface area contributed by atoms with E-state index in [0.29, 0.717) is 26.2 Å². The van der Waals surface area contributed by atoms with Gasteiger partial charge in [-0.25, -0.2) is 0 Å². The lowest BCUT2D eigenvalue weighted by atomic mass is 10.1. The first kappa shape index (κ1) is 14.9. The highest BCUT2D eigenvalue weighted by Gasteiger charge is 2.15. The summed E-state index contributed by atoms with van der Waals surface area (Å²) in [4.78, 5) is 12.2. The Balaban J connectivity index is 2.32. The SMILES string of the molecule is COc1cc(-c2cc(=O)c3cccc(Cl)c3o2)c(O)cc1Br. The monoisotopic (exact) mass is 380 g/mol. The average Bonchev–Trinajstić information content (AvgIpc) is 2.48. The van der Waals surface area contributed by atoms with Crippen LogP contribution in [0.25, 0.3) is 22.3 Å². The van der Waals surface area contributed by atoms with Crippen LogP contribution < -0.4 is 10.2 Å². The lowest BCUT2D eigenvalue weighted by Gasteiger charge is -2.09. The molecule has 6 heteroatoms. The molecule has 0 radical (unpaired) electrons. The number of ether oxygens (including phenoxy) is 1. The Morgan fingerprint density at radius 3 is 2.77 bits per heavy atom. The van der Waals surface area contributed by atoms with Gasteiger partial charge in [0.15, 0.2) is 11.0 Å². The Morgan fingerprint density at radius 1 is 1.27 bits per heavy atom. The van der Waals surface area contributed by atoms with Crippen molar-refractivity contribution >= 4 is 38.5 Å². The third-order valence-corrected chi connectivity index (χ3v) is 4.16. The Bertz CT molecular complexity index is 933. The number of aromatic hydroxyl groups is 1. The van der Waals surface area contributed by atoms with Crippen molar-refractivity contribution in [1.82, 2.24) is 0 Å². The first-order valence-corrected chi connectivity index (χ1v) is 7.47. The fourth-order valence-corrected chi connectivity index (χ4v) is 2.88. The highest BCUT2D eigenvalue weighted by molar-refractivity contribution is 9.10. The van der Waals surface area contributed by atoms with E-state index in [1.54, 1.807) is 24.3 Å². The number of hydrogen-bond acceptors (Lipinski definition) is 4. The quantitative estimate of drug-likeness (QED) is 0.705. The fourth-order valence-electron chi connectivity index (χ4n) is 2.17. The maximum atomic E-state index is 12.2. The highest BCUT2D eigenvalue weighted by Crippen LogP contribution is 2.38. The zero-order chi connectivity index (χ0) is 15.9. The van der Waals surface area contributed by atoms with Crippen molar-refractivity contribution in [2.24, 2.45) is 0 Å². The van der Waals surface area contributed by atoms with E-state index in [1.165, 1.54) is 19.2 Å². The Morgan fingerprint density at radius 2 is 2.05 bits per heavy atom. The molecule has 0 amide bonds. The number of rotatable bonds is 2. The van der Waals surface area contributed by atoms with Gasteiger partial charge in [0.1, 0.15) is 17.3 Å². The van der Waals surface area contributed by atoms with E-state index in [1.807, 2.05) is 0 Å². The molecule has 4 nitrogen and oxygen atoms in total. The third kappa shape index (κ3) is 2.46. The summed E-state index contributed by atoms with van der Waals surface area (Å²) in [6.07, 6.45) is 0. The summed E-state index contributed by atoms with van der Waals surface area (Å²) in [5.74, 6) is 0.686. The Kier molecular flexibility index (Phi) is 3.85. The largest absolute Gasteiger partial charge is 0.507 e. The van der Waals surface area contributed by atoms with Gasteiger partial charge in [-0.1, -0.05) is 17.7 Å². The first-order valence-electron chi connectivity index (χ1n) is 6.30. The maximum absolute atomic E-state index is 12.2. The number of benzene rings is 2. The molecular formula is C16H10BrClO4. The van der Waals surface area contributed by atoms with Crippen LogP contribution >= 0.6 is 27.5 Å². The average molecular weight is 382 g/mol. The molecule has 2 aromatic carbocycles. The van der Waals surface area contributed by atoms with Crippen LogP contribution in [0.4, 0.5) is 0 Å². The lowest BCUT2D eigenvalue weighted by molar-refractivity contribution is 0.409. The van der Waals surface area contributed by atoms with Gasteiger partial charge in [-0.2, -0.15) is 0 Å². The van der Waals surface area contributed by atoms with Crippen LogP contribution in [0.2, 0.25) is 5.02 Å². The smallest absolute Gasteiger partial charge is 0.193 e. The molecule has 0 aliphatic heterocycles. The number of phenols is 1. The number of para-hydroxylation sites is 1.